The first-order valence-electron chi connectivity index (χ1n) is 9.83. The van der Waals surface area contributed by atoms with Crippen LogP contribution in [0.25, 0.3) is 11.4 Å². The third-order valence-electron chi connectivity index (χ3n) is 5.11. The van der Waals surface area contributed by atoms with Gasteiger partial charge in [-0.15, -0.1) is 5.10 Å². The summed E-state index contributed by atoms with van der Waals surface area (Å²) in [7, 11) is 1.60. The highest BCUT2D eigenvalue weighted by Gasteiger charge is 2.19. The lowest BCUT2D eigenvalue weighted by atomic mass is 10.2. The fraction of sp³-hybridized carbons (Fsp3) is 0.217. The number of benzene rings is 2. The SMILES string of the molecule is COc1ccccc1-n1nnnc1SCC(=O)c1cc(C)n(-c2ccc(C)cc2)c1C. The minimum absolute atomic E-state index is 0.0334. The van der Waals surface area contributed by atoms with Crippen LogP contribution < -0.4 is 4.74 Å². The summed E-state index contributed by atoms with van der Waals surface area (Å²) in [6.07, 6.45) is 0. The molecule has 0 aliphatic heterocycles. The summed E-state index contributed by atoms with van der Waals surface area (Å²) in [6.45, 7) is 6.05. The lowest BCUT2D eigenvalue weighted by molar-refractivity contribution is 0.102. The van der Waals surface area contributed by atoms with Gasteiger partial charge in [0.05, 0.1) is 12.9 Å². The third-order valence-corrected chi connectivity index (χ3v) is 6.03. The molecule has 0 amide bonds. The first-order valence-corrected chi connectivity index (χ1v) is 10.8. The molecule has 0 saturated heterocycles. The molecular formula is C23H23N5O2S. The Bertz CT molecular complexity index is 1230. The zero-order valence-electron chi connectivity index (χ0n) is 17.9. The number of carbonyl (C=O) groups excluding carboxylic acids is 1. The highest BCUT2D eigenvalue weighted by molar-refractivity contribution is 7.99. The van der Waals surface area contributed by atoms with Crippen molar-refractivity contribution in [3.05, 3.63) is 77.1 Å². The van der Waals surface area contributed by atoms with Gasteiger partial charge < -0.3 is 9.30 Å². The average Bonchev–Trinajstić information content (AvgIpc) is 3.36. The number of Topliss-reactive ketones (excluding diaryl/α,β-unsaturated/α-hetero) is 1. The van der Waals surface area contributed by atoms with Crippen molar-refractivity contribution in [3.8, 4) is 17.1 Å². The van der Waals surface area contributed by atoms with E-state index in [-0.39, 0.29) is 11.5 Å². The summed E-state index contributed by atoms with van der Waals surface area (Å²) >= 11 is 1.30. The first-order chi connectivity index (χ1) is 15.0. The number of carbonyl (C=O) groups is 1. The minimum Gasteiger partial charge on any atom is -0.494 e. The van der Waals surface area contributed by atoms with Gasteiger partial charge in [-0.25, -0.2) is 0 Å². The molecular weight excluding hydrogens is 410 g/mol. The van der Waals surface area contributed by atoms with E-state index < -0.39 is 0 Å². The van der Waals surface area contributed by atoms with Crippen LogP contribution in [0.5, 0.6) is 5.75 Å². The maximum atomic E-state index is 13.0. The molecule has 4 aromatic rings. The largest absolute Gasteiger partial charge is 0.494 e. The number of aryl methyl sites for hydroxylation is 2. The van der Waals surface area contributed by atoms with Crippen molar-refractivity contribution >= 4 is 17.5 Å². The van der Waals surface area contributed by atoms with Crippen LogP contribution in [0.15, 0.2) is 59.8 Å². The van der Waals surface area contributed by atoms with Crippen LogP contribution in [0.4, 0.5) is 0 Å². The van der Waals surface area contributed by atoms with Gasteiger partial charge in [0.25, 0.3) is 0 Å². The number of hydrogen-bond donors (Lipinski definition) is 0. The Morgan fingerprint density at radius 1 is 1.06 bits per heavy atom. The smallest absolute Gasteiger partial charge is 0.214 e. The summed E-state index contributed by atoms with van der Waals surface area (Å²) in [5, 5.41) is 12.5. The maximum absolute atomic E-state index is 13.0. The van der Waals surface area contributed by atoms with E-state index in [1.54, 1.807) is 11.8 Å². The molecule has 0 aliphatic carbocycles. The van der Waals surface area contributed by atoms with Gasteiger partial charge >= 0.3 is 0 Å². The van der Waals surface area contributed by atoms with Crippen LogP contribution in [0.1, 0.15) is 27.3 Å². The molecule has 4 rings (SSSR count). The topological polar surface area (TPSA) is 74.8 Å². The summed E-state index contributed by atoms with van der Waals surface area (Å²) in [6, 6.07) is 17.7. The van der Waals surface area contributed by atoms with Crippen molar-refractivity contribution in [2.45, 2.75) is 25.9 Å². The number of thioether (sulfide) groups is 1. The normalized spacial score (nSPS) is 11.0. The number of para-hydroxylation sites is 2. The van der Waals surface area contributed by atoms with E-state index in [2.05, 4.69) is 51.3 Å². The van der Waals surface area contributed by atoms with E-state index in [0.717, 1.165) is 22.8 Å². The van der Waals surface area contributed by atoms with Crippen LogP contribution in [-0.2, 0) is 0 Å². The second-order valence-electron chi connectivity index (χ2n) is 7.21. The Balaban J connectivity index is 1.55. The number of rotatable bonds is 7. The number of hydrogen-bond acceptors (Lipinski definition) is 6. The molecule has 0 spiro atoms. The summed E-state index contributed by atoms with van der Waals surface area (Å²) < 4.78 is 9.10. The van der Waals surface area contributed by atoms with Crippen molar-refractivity contribution in [2.24, 2.45) is 0 Å². The number of ether oxygens (including phenoxy) is 1. The lowest BCUT2D eigenvalue weighted by Crippen LogP contribution is -2.07. The zero-order chi connectivity index (χ0) is 22.0. The van der Waals surface area contributed by atoms with E-state index >= 15 is 0 Å². The molecule has 31 heavy (non-hydrogen) atoms. The standard InChI is InChI=1S/C23H23N5O2S/c1-15-9-11-18(12-10-15)27-16(2)13-19(17(27)3)21(29)14-31-23-24-25-26-28(23)20-7-5-6-8-22(20)30-4/h5-13H,14H2,1-4H3. The van der Waals surface area contributed by atoms with E-state index in [9.17, 15) is 4.79 Å². The lowest BCUT2D eigenvalue weighted by Gasteiger charge is -2.10. The van der Waals surface area contributed by atoms with Gasteiger partial charge in [-0.2, -0.15) is 4.68 Å². The first kappa shape index (κ1) is 20.9. The number of tetrazole rings is 1. The number of ketones is 1. The monoisotopic (exact) mass is 433 g/mol. The molecule has 7 nitrogen and oxygen atoms in total. The second kappa shape index (κ2) is 8.77. The van der Waals surface area contributed by atoms with Gasteiger partial charge in [0.2, 0.25) is 5.16 Å². The molecule has 0 N–H and O–H groups in total. The molecule has 0 aliphatic rings. The van der Waals surface area contributed by atoms with Crippen molar-refractivity contribution in [1.82, 2.24) is 24.8 Å². The Kier molecular flexibility index (Phi) is 5.90. The number of nitrogens with zero attached hydrogens (tertiary/aromatic N) is 5. The van der Waals surface area contributed by atoms with E-state index in [1.807, 2.05) is 44.2 Å². The fourth-order valence-corrected chi connectivity index (χ4v) is 4.34. The van der Waals surface area contributed by atoms with Crippen LogP contribution in [0.2, 0.25) is 0 Å². The highest BCUT2D eigenvalue weighted by atomic mass is 32.2. The predicted octanol–water partition coefficient (Wildman–Crippen LogP) is 4.36. The summed E-state index contributed by atoms with van der Waals surface area (Å²) in [5.74, 6) is 0.920. The molecule has 0 atom stereocenters. The van der Waals surface area contributed by atoms with Gasteiger partial charge in [-0.05, 0) is 61.5 Å². The average molecular weight is 434 g/mol. The van der Waals surface area contributed by atoms with Crippen LogP contribution in [0, 0.1) is 20.8 Å². The third kappa shape index (κ3) is 4.11. The van der Waals surface area contributed by atoms with Gasteiger partial charge in [0.15, 0.2) is 5.78 Å². The van der Waals surface area contributed by atoms with E-state index in [4.69, 9.17) is 4.74 Å². The zero-order valence-corrected chi connectivity index (χ0v) is 18.7. The summed E-state index contributed by atoms with van der Waals surface area (Å²) in [5.41, 5.74) is 5.63. The molecule has 0 saturated carbocycles. The molecule has 0 bridgehead atoms. The van der Waals surface area contributed by atoms with E-state index in [1.165, 1.54) is 17.3 Å². The maximum Gasteiger partial charge on any atom is 0.214 e. The Morgan fingerprint density at radius 2 is 1.81 bits per heavy atom. The van der Waals surface area contributed by atoms with Gasteiger partial charge in [-0.3, -0.25) is 4.79 Å². The molecule has 2 aromatic carbocycles. The van der Waals surface area contributed by atoms with Crippen LogP contribution in [0.3, 0.4) is 0 Å². The fourth-order valence-electron chi connectivity index (χ4n) is 3.57. The minimum atomic E-state index is 0.0334. The van der Waals surface area contributed by atoms with Crippen LogP contribution in [-0.4, -0.2) is 43.4 Å². The van der Waals surface area contributed by atoms with Crippen molar-refractivity contribution in [1.29, 1.82) is 0 Å². The molecule has 0 fully saturated rings. The number of aromatic nitrogens is 5. The molecule has 158 valence electrons. The molecule has 0 unspecified atom stereocenters. The van der Waals surface area contributed by atoms with Gasteiger partial charge in [-0.1, -0.05) is 41.6 Å². The molecule has 0 radical (unpaired) electrons. The van der Waals surface area contributed by atoms with Gasteiger partial charge in [0, 0.05) is 22.6 Å². The highest BCUT2D eigenvalue weighted by Crippen LogP contribution is 2.27. The van der Waals surface area contributed by atoms with Crippen LogP contribution >= 0.6 is 11.8 Å². The molecule has 2 heterocycles. The Labute approximate surface area is 185 Å². The molecule has 2 aromatic heterocycles. The summed E-state index contributed by atoms with van der Waals surface area (Å²) in [4.78, 5) is 13.0. The quantitative estimate of drug-likeness (QED) is 0.318. The van der Waals surface area contributed by atoms with Crippen molar-refractivity contribution in [3.63, 3.8) is 0 Å². The Hall–Kier alpha value is -3.39. The van der Waals surface area contributed by atoms with E-state index in [0.29, 0.717) is 16.5 Å². The molecule has 8 heteroatoms. The Morgan fingerprint density at radius 3 is 2.55 bits per heavy atom. The number of methoxy groups -OCH3 is 1. The van der Waals surface area contributed by atoms with Crippen molar-refractivity contribution < 1.29 is 9.53 Å². The predicted molar refractivity (Wildman–Crippen MR) is 121 cm³/mol. The second-order valence-corrected chi connectivity index (χ2v) is 8.16. The van der Waals surface area contributed by atoms with Crippen molar-refractivity contribution in [2.75, 3.05) is 12.9 Å². The van der Waals surface area contributed by atoms with Gasteiger partial charge in [0.1, 0.15) is 11.4 Å².